The van der Waals surface area contributed by atoms with Crippen molar-refractivity contribution in [2.75, 3.05) is 38.5 Å². The van der Waals surface area contributed by atoms with E-state index in [9.17, 15) is 13.5 Å². The predicted octanol–water partition coefficient (Wildman–Crippen LogP) is -0.782. The molecule has 142 valence electrons. The highest BCUT2D eigenvalue weighted by Crippen LogP contribution is 2.19. The minimum Gasteiger partial charge on any atom is -0.383 e. The Morgan fingerprint density at radius 3 is 2.80 bits per heavy atom. The van der Waals surface area contributed by atoms with Gasteiger partial charge in [0, 0.05) is 45.0 Å². The third-order valence-corrected chi connectivity index (χ3v) is 6.03. The molecule has 0 amide bonds. The van der Waals surface area contributed by atoms with Crippen LogP contribution in [0.4, 0.5) is 0 Å². The van der Waals surface area contributed by atoms with Crippen LogP contribution in [-0.4, -0.2) is 72.0 Å². The number of aliphatic imine (C=N–C) groups is 1. The van der Waals surface area contributed by atoms with Crippen molar-refractivity contribution >= 4 is 16.0 Å². The summed E-state index contributed by atoms with van der Waals surface area (Å²) < 4.78 is 26.7. The van der Waals surface area contributed by atoms with E-state index in [4.69, 9.17) is 0 Å². The molecule has 2 rings (SSSR count). The molecule has 0 spiro atoms. The SMILES string of the molecule is CCNC(=NCC(C)(O)c1cnn(C)c1)NCCN1CCCS1(=O)=O. The van der Waals surface area contributed by atoms with Gasteiger partial charge in [-0.05, 0) is 20.3 Å². The van der Waals surface area contributed by atoms with E-state index >= 15 is 0 Å². The Morgan fingerprint density at radius 2 is 2.24 bits per heavy atom. The molecule has 0 aromatic carbocycles. The molecule has 0 radical (unpaired) electrons. The van der Waals surface area contributed by atoms with Crippen LogP contribution in [0, 0.1) is 0 Å². The highest BCUT2D eigenvalue weighted by molar-refractivity contribution is 7.89. The summed E-state index contributed by atoms with van der Waals surface area (Å²) in [5.74, 6) is 0.776. The van der Waals surface area contributed by atoms with E-state index in [1.807, 2.05) is 6.92 Å². The Bertz CT molecular complexity index is 698. The first-order valence-electron chi connectivity index (χ1n) is 8.46. The Balaban J connectivity index is 1.91. The summed E-state index contributed by atoms with van der Waals surface area (Å²) in [6.07, 6.45) is 4.06. The fourth-order valence-electron chi connectivity index (χ4n) is 2.61. The Labute approximate surface area is 149 Å². The van der Waals surface area contributed by atoms with E-state index in [2.05, 4.69) is 20.7 Å². The third-order valence-electron chi connectivity index (χ3n) is 4.07. The van der Waals surface area contributed by atoms with Crippen LogP contribution < -0.4 is 10.6 Å². The molecule has 0 saturated carbocycles. The van der Waals surface area contributed by atoms with Crippen LogP contribution in [0.25, 0.3) is 0 Å². The number of aliphatic hydroxyl groups is 1. The zero-order valence-corrected chi connectivity index (χ0v) is 15.9. The number of nitrogens with zero attached hydrogens (tertiary/aromatic N) is 4. The maximum Gasteiger partial charge on any atom is 0.214 e. The largest absolute Gasteiger partial charge is 0.383 e. The number of hydrogen-bond donors (Lipinski definition) is 3. The fourth-order valence-corrected chi connectivity index (χ4v) is 4.14. The highest BCUT2D eigenvalue weighted by atomic mass is 32.2. The molecule has 1 saturated heterocycles. The van der Waals surface area contributed by atoms with Crippen molar-refractivity contribution < 1.29 is 13.5 Å². The molecule has 9 nitrogen and oxygen atoms in total. The van der Waals surface area contributed by atoms with Gasteiger partial charge in [0.15, 0.2) is 5.96 Å². The maximum absolute atomic E-state index is 11.8. The second kappa shape index (κ2) is 8.15. The lowest BCUT2D eigenvalue weighted by atomic mass is 10.0. The van der Waals surface area contributed by atoms with Gasteiger partial charge in [-0.1, -0.05) is 0 Å². The smallest absolute Gasteiger partial charge is 0.214 e. The summed E-state index contributed by atoms with van der Waals surface area (Å²) in [5.41, 5.74) is -0.438. The van der Waals surface area contributed by atoms with E-state index in [0.29, 0.717) is 44.1 Å². The van der Waals surface area contributed by atoms with E-state index < -0.39 is 15.6 Å². The van der Waals surface area contributed by atoms with E-state index in [1.54, 1.807) is 31.0 Å². The Kier molecular flexibility index (Phi) is 6.42. The van der Waals surface area contributed by atoms with Crippen molar-refractivity contribution in [1.82, 2.24) is 24.7 Å². The molecule has 2 heterocycles. The normalized spacial score (nSPS) is 20.4. The van der Waals surface area contributed by atoms with Crippen LogP contribution in [0.3, 0.4) is 0 Å². The first-order valence-corrected chi connectivity index (χ1v) is 10.1. The monoisotopic (exact) mass is 372 g/mol. The van der Waals surface area contributed by atoms with Gasteiger partial charge in [0.25, 0.3) is 0 Å². The summed E-state index contributed by atoms with van der Waals surface area (Å²) in [5, 5.41) is 20.9. The summed E-state index contributed by atoms with van der Waals surface area (Å²) in [7, 11) is -1.29. The van der Waals surface area contributed by atoms with Gasteiger partial charge in [-0.2, -0.15) is 5.10 Å². The molecule has 0 aliphatic carbocycles. The molecule has 1 aliphatic heterocycles. The molecular formula is C15H28N6O3S. The van der Waals surface area contributed by atoms with E-state index in [0.717, 1.165) is 0 Å². The lowest BCUT2D eigenvalue weighted by molar-refractivity contribution is 0.0672. The minimum atomic E-state index is -3.08. The van der Waals surface area contributed by atoms with Crippen LogP contribution in [-0.2, 0) is 22.7 Å². The summed E-state index contributed by atoms with van der Waals surface area (Å²) in [6, 6.07) is 0. The predicted molar refractivity (Wildman–Crippen MR) is 96.7 cm³/mol. The van der Waals surface area contributed by atoms with Gasteiger partial charge in [-0.25, -0.2) is 17.7 Å². The van der Waals surface area contributed by atoms with Crippen LogP contribution in [0.5, 0.6) is 0 Å². The van der Waals surface area contributed by atoms with Crippen molar-refractivity contribution in [1.29, 1.82) is 0 Å². The second-order valence-electron chi connectivity index (χ2n) is 6.37. The van der Waals surface area contributed by atoms with Gasteiger partial charge < -0.3 is 15.7 Å². The zero-order chi connectivity index (χ0) is 18.5. The minimum absolute atomic E-state index is 0.163. The number of nitrogens with one attached hydrogen (secondary N) is 2. The second-order valence-corrected chi connectivity index (χ2v) is 8.46. The van der Waals surface area contributed by atoms with Gasteiger partial charge in [0.2, 0.25) is 10.0 Å². The zero-order valence-electron chi connectivity index (χ0n) is 15.1. The number of rotatable bonds is 7. The number of sulfonamides is 1. The molecule has 1 unspecified atom stereocenters. The number of guanidine groups is 1. The third kappa shape index (κ3) is 5.41. The van der Waals surface area contributed by atoms with Crippen molar-refractivity contribution in [2.45, 2.75) is 25.9 Å². The first kappa shape index (κ1) is 19.7. The average Bonchev–Trinajstić information content (AvgIpc) is 3.11. The Morgan fingerprint density at radius 1 is 1.48 bits per heavy atom. The summed E-state index contributed by atoms with van der Waals surface area (Å²) in [4.78, 5) is 4.41. The molecule has 1 aliphatic rings. The van der Waals surface area contributed by atoms with Crippen LogP contribution in [0.15, 0.2) is 17.4 Å². The summed E-state index contributed by atoms with van der Waals surface area (Å²) >= 11 is 0. The van der Waals surface area contributed by atoms with E-state index in [-0.39, 0.29) is 12.3 Å². The lowest BCUT2D eigenvalue weighted by Crippen LogP contribution is -2.42. The standard InChI is InChI=1S/C15H28N6O3S/c1-4-16-14(17-6-8-21-7-5-9-25(21,23)24)18-12-15(2,22)13-10-19-20(3)11-13/h10-11,22H,4-9,12H2,1-3H3,(H2,16,17,18). The van der Waals surface area contributed by atoms with Crippen molar-refractivity contribution in [3.8, 4) is 0 Å². The number of hydrogen-bond acceptors (Lipinski definition) is 5. The topological polar surface area (TPSA) is 112 Å². The van der Waals surface area contributed by atoms with Crippen LogP contribution in [0.1, 0.15) is 25.8 Å². The molecule has 1 aromatic rings. The van der Waals surface area contributed by atoms with Gasteiger partial charge in [-0.15, -0.1) is 0 Å². The Hall–Kier alpha value is -1.65. The number of aromatic nitrogens is 2. The van der Waals surface area contributed by atoms with Gasteiger partial charge in [-0.3, -0.25) is 4.68 Å². The van der Waals surface area contributed by atoms with Crippen molar-refractivity contribution in [3.05, 3.63) is 18.0 Å². The molecule has 1 aromatic heterocycles. The van der Waals surface area contributed by atoms with Crippen molar-refractivity contribution in [3.63, 3.8) is 0 Å². The molecule has 0 bridgehead atoms. The molecular weight excluding hydrogens is 344 g/mol. The van der Waals surface area contributed by atoms with Crippen LogP contribution in [0.2, 0.25) is 0 Å². The molecule has 10 heteroatoms. The molecule has 3 N–H and O–H groups in total. The maximum atomic E-state index is 11.8. The van der Waals surface area contributed by atoms with Crippen molar-refractivity contribution in [2.24, 2.45) is 12.0 Å². The lowest BCUT2D eigenvalue weighted by Gasteiger charge is -2.21. The average molecular weight is 372 g/mol. The number of aryl methyl sites for hydroxylation is 1. The van der Waals surface area contributed by atoms with E-state index in [1.165, 1.54) is 4.31 Å². The molecule has 25 heavy (non-hydrogen) atoms. The van der Waals surface area contributed by atoms with Gasteiger partial charge >= 0.3 is 0 Å². The summed E-state index contributed by atoms with van der Waals surface area (Å²) in [6.45, 7) is 5.91. The highest BCUT2D eigenvalue weighted by Gasteiger charge is 2.27. The molecule has 1 atom stereocenters. The van der Waals surface area contributed by atoms with Gasteiger partial charge in [0.1, 0.15) is 5.60 Å². The fraction of sp³-hybridized carbons (Fsp3) is 0.733. The first-order chi connectivity index (χ1) is 11.7. The van der Waals surface area contributed by atoms with Gasteiger partial charge in [0.05, 0.1) is 18.5 Å². The van der Waals surface area contributed by atoms with Crippen LogP contribution >= 0.6 is 0 Å². The quantitative estimate of drug-likeness (QED) is 0.428. The molecule has 1 fully saturated rings.